The minimum absolute atomic E-state index is 0.356. The normalized spacial score (nSPS) is 31.2. The summed E-state index contributed by atoms with van der Waals surface area (Å²) in [5.74, 6) is -0.225. The van der Waals surface area contributed by atoms with E-state index in [2.05, 4.69) is 14.8 Å². The van der Waals surface area contributed by atoms with Gasteiger partial charge in [-0.05, 0) is 6.92 Å². The summed E-state index contributed by atoms with van der Waals surface area (Å²) >= 11 is 1.34. The third-order valence-electron chi connectivity index (χ3n) is 2.05. The van der Waals surface area contributed by atoms with Gasteiger partial charge in [0.2, 0.25) is 0 Å². The van der Waals surface area contributed by atoms with Crippen LogP contribution in [0.3, 0.4) is 0 Å². The molecule has 80 valence electrons. The van der Waals surface area contributed by atoms with E-state index in [4.69, 9.17) is 0 Å². The van der Waals surface area contributed by atoms with Crippen molar-refractivity contribution in [3.05, 3.63) is 0 Å². The Morgan fingerprint density at radius 2 is 2.07 bits per heavy atom. The maximum atomic E-state index is 11.3. The number of hydrogen-bond donors (Lipinski definition) is 1. The highest BCUT2D eigenvalue weighted by Gasteiger charge is 2.45. The van der Waals surface area contributed by atoms with Crippen molar-refractivity contribution in [2.24, 2.45) is 0 Å². The number of hydrogen-bond acceptors (Lipinski definition) is 6. The Balaban J connectivity index is 2.64. The Labute approximate surface area is 86.5 Å². The van der Waals surface area contributed by atoms with Gasteiger partial charge in [0.1, 0.15) is 6.04 Å². The first-order valence-corrected chi connectivity index (χ1v) is 5.10. The van der Waals surface area contributed by atoms with E-state index in [1.807, 2.05) is 0 Å². The number of rotatable bonds is 2. The lowest BCUT2D eigenvalue weighted by atomic mass is 10.2. The molecule has 1 rings (SSSR count). The fourth-order valence-corrected chi connectivity index (χ4v) is 2.39. The molecule has 1 fully saturated rings. The van der Waals surface area contributed by atoms with Gasteiger partial charge < -0.3 is 9.47 Å². The standard InChI is InChI=1S/C8H13NO4S/c1-8(7(11)13-3)9-5(4-14-8)6(10)12-2/h5,9H,4H2,1-3H3. The molecule has 1 N–H and O–H groups in total. The fraction of sp³-hybridized carbons (Fsp3) is 0.750. The molecular weight excluding hydrogens is 206 g/mol. The molecule has 2 unspecified atom stereocenters. The number of methoxy groups -OCH3 is 2. The zero-order valence-electron chi connectivity index (χ0n) is 8.33. The van der Waals surface area contributed by atoms with Gasteiger partial charge in [-0.1, -0.05) is 0 Å². The van der Waals surface area contributed by atoms with E-state index in [0.717, 1.165) is 0 Å². The van der Waals surface area contributed by atoms with E-state index in [1.165, 1.54) is 26.0 Å². The van der Waals surface area contributed by atoms with Crippen molar-refractivity contribution in [3.8, 4) is 0 Å². The second-order valence-electron chi connectivity index (χ2n) is 3.06. The van der Waals surface area contributed by atoms with Crippen LogP contribution in [0.15, 0.2) is 0 Å². The predicted octanol–water partition coefficient (Wildman–Crippen LogP) is -0.246. The van der Waals surface area contributed by atoms with E-state index >= 15 is 0 Å². The van der Waals surface area contributed by atoms with Gasteiger partial charge >= 0.3 is 11.9 Å². The van der Waals surface area contributed by atoms with Gasteiger partial charge in [-0.15, -0.1) is 11.8 Å². The Hall–Kier alpha value is -0.750. The predicted molar refractivity (Wildman–Crippen MR) is 51.8 cm³/mol. The Morgan fingerprint density at radius 1 is 1.43 bits per heavy atom. The van der Waals surface area contributed by atoms with Crippen LogP contribution in [0.25, 0.3) is 0 Å². The molecule has 1 aliphatic heterocycles. The van der Waals surface area contributed by atoms with Crippen LogP contribution in [0.4, 0.5) is 0 Å². The topological polar surface area (TPSA) is 64.6 Å². The van der Waals surface area contributed by atoms with Crippen LogP contribution in [-0.2, 0) is 19.1 Å². The summed E-state index contributed by atoms with van der Waals surface area (Å²) in [4.78, 5) is 21.7. The third kappa shape index (κ3) is 2.01. The number of carbonyl (C=O) groups is 2. The van der Waals surface area contributed by atoms with Crippen LogP contribution in [-0.4, -0.2) is 42.8 Å². The molecule has 0 saturated carbocycles. The van der Waals surface area contributed by atoms with Crippen LogP contribution in [0.1, 0.15) is 6.92 Å². The lowest BCUT2D eigenvalue weighted by Crippen LogP contribution is -2.49. The molecule has 0 amide bonds. The minimum Gasteiger partial charge on any atom is -0.468 e. The molecule has 0 aromatic rings. The van der Waals surface area contributed by atoms with Crippen molar-refractivity contribution in [1.82, 2.24) is 5.32 Å². The smallest absolute Gasteiger partial charge is 0.336 e. The van der Waals surface area contributed by atoms with E-state index in [9.17, 15) is 9.59 Å². The Morgan fingerprint density at radius 3 is 2.57 bits per heavy atom. The van der Waals surface area contributed by atoms with Gasteiger partial charge in [0, 0.05) is 5.75 Å². The number of esters is 2. The monoisotopic (exact) mass is 219 g/mol. The highest BCUT2D eigenvalue weighted by molar-refractivity contribution is 8.01. The average molecular weight is 219 g/mol. The summed E-state index contributed by atoms with van der Waals surface area (Å²) in [7, 11) is 2.64. The summed E-state index contributed by atoms with van der Waals surface area (Å²) < 4.78 is 9.20. The van der Waals surface area contributed by atoms with Gasteiger partial charge in [-0.2, -0.15) is 0 Å². The van der Waals surface area contributed by atoms with Crippen molar-refractivity contribution in [3.63, 3.8) is 0 Å². The second-order valence-corrected chi connectivity index (χ2v) is 4.49. The number of ether oxygens (including phenoxy) is 2. The molecule has 1 heterocycles. The largest absolute Gasteiger partial charge is 0.468 e. The average Bonchev–Trinajstić information content (AvgIpc) is 2.60. The van der Waals surface area contributed by atoms with Crippen LogP contribution >= 0.6 is 11.8 Å². The van der Waals surface area contributed by atoms with Crippen molar-refractivity contribution in [1.29, 1.82) is 0 Å². The Kier molecular flexibility index (Phi) is 3.38. The first-order valence-electron chi connectivity index (χ1n) is 4.11. The lowest BCUT2D eigenvalue weighted by molar-refractivity contribution is -0.146. The highest BCUT2D eigenvalue weighted by Crippen LogP contribution is 2.31. The van der Waals surface area contributed by atoms with Crippen molar-refractivity contribution < 1.29 is 19.1 Å². The van der Waals surface area contributed by atoms with Gasteiger partial charge in [0.05, 0.1) is 14.2 Å². The highest BCUT2D eigenvalue weighted by atomic mass is 32.2. The van der Waals surface area contributed by atoms with Crippen LogP contribution in [0, 0.1) is 0 Å². The molecule has 0 aromatic heterocycles. The molecule has 0 radical (unpaired) electrons. The minimum atomic E-state index is -0.840. The SMILES string of the molecule is COC(=O)C1CSC(C)(C(=O)OC)N1. The van der Waals surface area contributed by atoms with Gasteiger partial charge in [0.25, 0.3) is 0 Å². The van der Waals surface area contributed by atoms with Crippen molar-refractivity contribution in [2.45, 2.75) is 17.8 Å². The lowest BCUT2D eigenvalue weighted by Gasteiger charge is -2.20. The van der Waals surface area contributed by atoms with Crippen LogP contribution < -0.4 is 5.32 Å². The number of thioether (sulfide) groups is 1. The number of nitrogens with one attached hydrogen (secondary N) is 1. The summed E-state index contributed by atoms with van der Waals surface area (Å²) in [5, 5.41) is 2.88. The van der Waals surface area contributed by atoms with E-state index in [-0.39, 0.29) is 11.9 Å². The molecule has 2 atom stereocenters. The molecular formula is C8H13NO4S. The molecule has 0 bridgehead atoms. The molecule has 6 heteroatoms. The molecule has 5 nitrogen and oxygen atoms in total. The van der Waals surface area contributed by atoms with Gasteiger partial charge in [0.15, 0.2) is 4.87 Å². The van der Waals surface area contributed by atoms with E-state index in [1.54, 1.807) is 6.92 Å². The third-order valence-corrected chi connectivity index (χ3v) is 3.41. The summed E-state index contributed by atoms with van der Waals surface area (Å²) in [6, 6.07) is -0.436. The van der Waals surface area contributed by atoms with E-state index in [0.29, 0.717) is 5.75 Å². The quantitative estimate of drug-likeness (QED) is 0.646. The van der Waals surface area contributed by atoms with Gasteiger partial charge in [-0.3, -0.25) is 10.1 Å². The maximum Gasteiger partial charge on any atom is 0.336 e. The van der Waals surface area contributed by atoms with Gasteiger partial charge in [-0.25, -0.2) is 4.79 Å². The number of carbonyl (C=O) groups excluding carboxylic acids is 2. The first-order chi connectivity index (χ1) is 6.53. The van der Waals surface area contributed by atoms with Crippen molar-refractivity contribution >= 4 is 23.7 Å². The maximum absolute atomic E-state index is 11.3. The second kappa shape index (κ2) is 4.18. The Bertz CT molecular complexity index is 258. The summed E-state index contributed by atoms with van der Waals surface area (Å²) in [6.07, 6.45) is 0. The summed E-state index contributed by atoms with van der Waals surface area (Å²) in [5.41, 5.74) is 0. The van der Waals surface area contributed by atoms with Crippen LogP contribution in [0.2, 0.25) is 0 Å². The van der Waals surface area contributed by atoms with Crippen molar-refractivity contribution in [2.75, 3.05) is 20.0 Å². The molecule has 1 aliphatic rings. The van der Waals surface area contributed by atoms with Crippen LogP contribution in [0.5, 0.6) is 0 Å². The summed E-state index contributed by atoms with van der Waals surface area (Å²) in [6.45, 7) is 1.69. The molecule has 14 heavy (non-hydrogen) atoms. The zero-order valence-corrected chi connectivity index (χ0v) is 9.14. The molecule has 0 aromatic carbocycles. The molecule has 0 spiro atoms. The molecule has 0 aliphatic carbocycles. The van der Waals surface area contributed by atoms with E-state index < -0.39 is 10.9 Å². The fourth-order valence-electron chi connectivity index (χ4n) is 1.25. The molecule has 1 saturated heterocycles. The zero-order chi connectivity index (χ0) is 10.8. The first kappa shape index (κ1) is 11.3.